The molecule has 9 heteroatoms. The average molecular weight is 419 g/mol. The van der Waals surface area contributed by atoms with Gasteiger partial charge in [-0.15, -0.1) is 0 Å². The van der Waals surface area contributed by atoms with Gasteiger partial charge in [0.05, 0.1) is 23.2 Å². The number of benzene rings is 1. The van der Waals surface area contributed by atoms with Gasteiger partial charge in [-0.1, -0.05) is 17.7 Å². The summed E-state index contributed by atoms with van der Waals surface area (Å²) in [6, 6.07) is 8.24. The Morgan fingerprint density at radius 2 is 2.00 bits per heavy atom. The highest BCUT2D eigenvalue weighted by Gasteiger charge is 2.22. The van der Waals surface area contributed by atoms with E-state index in [1.54, 1.807) is 45.8 Å². The quantitative estimate of drug-likeness (QED) is 0.666. The van der Waals surface area contributed by atoms with Crippen LogP contribution in [0.5, 0.6) is 0 Å². The molecule has 0 bridgehead atoms. The van der Waals surface area contributed by atoms with Crippen molar-refractivity contribution in [2.45, 2.75) is 19.4 Å². The number of hydrogen-bond donors (Lipinski definition) is 1. The number of aromatic nitrogens is 3. The Balaban J connectivity index is 1.62. The molecule has 3 aromatic rings. The second kappa shape index (κ2) is 7.10. The summed E-state index contributed by atoms with van der Waals surface area (Å²) in [6.45, 7) is 0.738. The van der Waals surface area contributed by atoms with Crippen LogP contribution < -0.4 is 10.3 Å². The fourth-order valence-electron chi connectivity index (χ4n) is 3.01. The number of rotatable bonds is 6. The first kappa shape index (κ1) is 18.8. The van der Waals surface area contributed by atoms with E-state index in [0.29, 0.717) is 16.6 Å². The highest BCUT2D eigenvalue weighted by atomic mass is 35.5. The van der Waals surface area contributed by atoms with Crippen LogP contribution in [0.1, 0.15) is 12.8 Å². The van der Waals surface area contributed by atoms with Crippen molar-refractivity contribution >= 4 is 27.3 Å². The van der Waals surface area contributed by atoms with Crippen molar-refractivity contribution in [3.8, 4) is 16.8 Å². The van der Waals surface area contributed by atoms with Gasteiger partial charge < -0.3 is 4.57 Å². The molecule has 7 nitrogen and oxygen atoms in total. The zero-order valence-electron chi connectivity index (χ0n) is 15.2. The van der Waals surface area contributed by atoms with E-state index in [-0.39, 0.29) is 5.56 Å². The maximum atomic E-state index is 12.0. The molecular formula is C19H19ClN4O3S. The third-order valence-corrected chi connectivity index (χ3v) is 5.47. The number of sulfonamides is 1. The first-order valence-corrected chi connectivity index (χ1v) is 11.1. The van der Waals surface area contributed by atoms with Crippen molar-refractivity contribution in [2.24, 2.45) is 5.92 Å². The van der Waals surface area contributed by atoms with Crippen LogP contribution in [0.25, 0.3) is 16.8 Å². The lowest BCUT2D eigenvalue weighted by Crippen LogP contribution is -2.20. The van der Waals surface area contributed by atoms with E-state index in [2.05, 4.69) is 9.82 Å². The SMILES string of the molecule is CS(=O)(=O)Nc1ccc(-c2cnn(-c3ccc(=O)n(CC4CC4)c3)c2)c(Cl)c1. The molecule has 1 N–H and O–H groups in total. The van der Waals surface area contributed by atoms with E-state index in [0.717, 1.165) is 29.6 Å². The Morgan fingerprint density at radius 1 is 1.21 bits per heavy atom. The fraction of sp³-hybridized carbons (Fsp3) is 0.263. The number of pyridine rings is 1. The third-order valence-electron chi connectivity index (χ3n) is 4.55. The predicted octanol–water partition coefficient (Wildman–Crippen LogP) is 3.14. The summed E-state index contributed by atoms with van der Waals surface area (Å²) in [5.74, 6) is 0.596. The molecule has 4 rings (SSSR count). The summed E-state index contributed by atoms with van der Waals surface area (Å²) in [4.78, 5) is 12.0. The standard InChI is InChI=1S/C19H19ClN4O3S/c1-28(26,27)22-15-4-6-17(18(20)8-15)14-9-21-24(11-14)16-5-7-19(25)23(12-16)10-13-2-3-13/h4-9,11-13,22H,2-3,10H2,1H3. The van der Waals surface area contributed by atoms with Gasteiger partial charge in [0.2, 0.25) is 10.0 Å². The van der Waals surface area contributed by atoms with Gasteiger partial charge >= 0.3 is 0 Å². The molecule has 0 spiro atoms. The van der Waals surface area contributed by atoms with Gasteiger partial charge in [0, 0.05) is 41.8 Å². The monoisotopic (exact) mass is 418 g/mol. The molecule has 0 unspecified atom stereocenters. The Labute approximate surface area is 167 Å². The highest BCUT2D eigenvalue weighted by molar-refractivity contribution is 7.92. The third kappa shape index (κ3) is 4.28. The van der Waals surface area contributed by atoms with E-state index in [9.17, 15) is 13.2 Å². The van der Waals surface area contributed by atoms with Crippen LogP contribution in [-0.4, -0.2) is 29.0 Å². The molecule has 0 amide bonds. The van der Waals surface area contributed by atoms with Gasteiger partial charge in [0.15, 0.2) is 0 Å². The minimum atomic E-state index is -3.37. The van der Waals surface area contributed by atoms with Crippen LogP contribution >= 0.6 is 11.6 Å². The van der Waals surface area contributed by atoms with Crippen molar-refractivity contribution < 1.29 is 8.42 Å². The van der Waals surface area contributed by atoms with Crippen LogP contribution in [-0.2, 0) is 16.6 Å². The zero-order valence-corrected chi connectivity index (χ0v) is 16.7. The first-order chi connectivity index (χ1) is 13.3. The van der Waals surface area contributed by atoms with Gasteiger partial charge in [0.25, 0.3) is 5.56 Å². The van der Waals surface area contributed by atoms with Crippen molar-refractivity contribution in [3.63, 3.8) is 0 Å². The molecule has 0 radical (unpaired) electrons. The van der Waals surface area contributed by atoms with Crippen LogP contribution in [0.3, 0.4) is 0 Å². The van der Waals surface area contributed by atoms with Crippen LogP contribution in [0.4, 0.5) is 5.69 Å². The molecule has 28 heavy (non-hydrogen) atoms. The molecule has 2 heterocycles. The molecule has 1 aromatic carbocycles. The van der Waals surface area contributed by atoms with Gasteiger partial charge in [0.1, 0.15) is 0 Å². The summed E-state index contributed by atoms with van der Waals surface area (Å²) in [7, 11) is -3.37. The van der Waals surface area contributed by atoms with E-state index in [1.165, 1.54) is 12.8 Å². The molecule has 0 aliphatic heterocycles. The number of hydrogen-bond acceptors (Lipinski definition) is 4. The molecule has 1 aliphatic rings. The highest BCUT2D eigenvalue weighted by Crippen LogP contribution is 2.31. The first-order valence-electron chi connectivity index (χ1n) is 8.82. The Kier molecular flexibility index (Phi) is 4.76. The number of halogens is 1. The largest absolute Gasteiger partial charge is 0.313 e. The second-order valence-corrected chi connectivity index (χ2v) is 9.22. The van der Waals surface area contributed by atoms with Crippen molar-refractivity contribution in [1.82, 2.24) is 14.3 Å². The van der Waals surface area contributed by atoms with Gasteiger partial charge in [-0.05, 0) is 37.0 Å². The summed E-state index contributed by atoms with van der Waals surface area (Å²) < 4.78 is 28.5. The Morgan fingerprint density at radius 3 is 2.68 bits per heavy atom. The molecule has 1 fully saturated rings. The van der Waals surface area contributed by atoms with Gasteiger partial charge in [-0.2, -0.15) is 5.10 Å². The molecule has 2 aromatic heterocycles. The maximum absolute atomic E-state index is 12.0. The molecule has 146 valence electrons. The molecular weight excluding hydrogens is 400 g/mol. The van der Waals surface area contributed by atoms with Gasteiger partial charge in [-0.25, -0.2) is 13.1 Å². The molecule has 0 saturated heterocycles. The second-order valence-electron chi connectivity index (χ2n) is 7.06. The topological polar surface area (TPSA) is 86.0 Å². The predicted molar refractivity (Wildman–Crippen MR) is 109 cm³/mol. The summed E-state index contributed by atoms with van der Waals surface area (Å²) in [5.41, 5.74) is 2.70. The normalized spacial score (nSPS) is 14.2. The zero-order chi connectivity index (χ0) is 19.9. The molecule has 1 saturated carbocycles. The van der Waals surface area contributed by atoms with Crippen molar-refractivity contribution in [2.75, 3.05) is 11.0 Å². The van der Waals surface area contributed by atoms with Crippen molar-refractivity contribution in [1.29, 1.82) is 0 Å². The summed E-state index contributed by atoms with van der Waals surface area (Å²) in [6.07, 6.45) is 8.75. The Hall–Kier alpha value is -2.58. The summed E-state index contributed by atoms with van der Waals surface area (Å²) >= 11 is 6.34. The molecule has 0 atom stereocenters. The number of nitrogens with zero attached hydrogens (tertiary/aromatic N) is 3. The van der Waals surface area contributed by atoms with E-state index < -0.39 is 10.0 Å². The average Bonchev–Trinajstić information content (AvgIpc) is 3.29. The Bertz CT molecular complexity index is 1200. The van der Waals surface area contributed by atoms with E-state index >= 15 is 0 Å². The van der Waals surface area contributed by atoms with E-state index in [1.807, 2.05) is 12.4 Å². The minimum absolute atomic E-state index is 0.0139. The number of nitrogens with one attached hydrogen (secondary N) is 1. The maximum Gasteiger partial charge on any atom is 0.250 e. The minimum Gasteiger partial charge on any atom is -0.313 e. The summed E-state index contributed by atoms with van der Waals surface area (Å²) in [5, 5.41) is 4.79. The van der Waals surface area contributed by atoms with Crippen LogP contribution in [0.2, 0.25) is 5.02 Å². The van der Waals surface area contributed by atoms with Crippen LogP contribution in [0, 0.1) is 5.92 Å². The van der Waals surface area contributed by atoms with E-state index in [4.69, 9.17) is 11.6 Å². The lowest BCUT2D eigenvalue weighted by Gasteiger charge is -2.08. The lowest BCUT2D eigenvalue weighted by molar-refractivity contribution is 0.603. The molecule has 1 aliphatic carbocycles. The fourth-order valence-corrected chi connectivity index (χ4v) is 3.85. The van der Waals surface area contributed by atoms with Gasteiger partial charge in [-0.3, -0.25) is 9.52 Å². The number of anilines is 1. The van der Waals surface area contributed by atoms with Crippen LogP contribution in [0.15, 0.2) is 53.7 Å². The smallest absolute Gasteiger partial charge is 0.250 e. The van der Waals surface area contributed by atoms with Crippen molar-refractivity contribution in [3.05, 3.63) is 64.3 Å². The lowest BCUT2D eigenvalue weighted by atomic mass is 10.1.